The highest BCUT2D eigenvalue weighted by Crippen LogP contribution is 2.35. The number of benzene rings is 1. The highest BCUT2D eigenvalue weighted by atomic mass is 32.2. The molecule has 0 aliphatic carbocycles. The molecule has 0 unspecified atom stereocenters. The molecule has 0 saturated heterocycles. The molecule has 39 heavy (non-hydrogen) atoms. The minimum Gasteiger partial charge on any atom is -0.475 e. The molecule has 1 amide bonds. The van der Waals surface area contributed by atoms with Crippen molar-refractivity contribution in [2.75, 3.05) is 56.8 Å². The number of sulfonamides is 1. The number of nitrogens with two attached hydrogens (primary N) is 1. The van der Waals surface area contributed by atoms with Crippen LogP contribution in [-0.2, 0) is 20.3 Å². The van der Waals surface area contributed by atoms with E-state index in [2.05, 4.69) is 15.0 Å². The van der Waals surface area contributed by atoms with Gasteiger partial charge in [0.2, 0.25) is 15.9 Å². The second-order valence-electron chi connectivity index (χ2n) is 10.2. The number of carbonyl (C=O) groups excluding carboxylic acids is 1. The lowest BCUT2D eigenvalue weighted by Crippen LogP contribution is -2.26. The van der Waals surface area contributed by atoms with Gasteiger partial charge in [0.05, 0.1) is 17.9 Å². The van der Waals surface area contributed by atoms with Crippen LogP contribution in [0.5, 0.6) is 5.88 Å². The Hall–Kier alpha value is -3.68. The largest absolute Gasteiger partial charge is 0.475 e. The number of primary amides is 1. The van der Waals surface area contributed by atoms with E-state index in [4.69, 9.17) is 20.3 Å². The second-order valence-corrected chi connectivity index (χ2v) is 12.0. The first-order valence-electron chi connectivity index (χ1n) is 12.3. The third-order valence-corrected chi connectivity index (χ3v) is 6.81. The van der Waals surface area contributed by atoms with E-state index in [1.54, 1.807) is 59.3 Å². The van der Waals surface area contributed by atoms with Crippen molar-refractivity contribution in [3.63, 3.8) is 0 Å². The summed E-state index contributed by atoms with van der Waals surface area (Å²) in [6.07, 6.45) is 1.59. The van der Waals surface area contributed by atoms with Crippen LogP contribution in [0.1, 0.15) is 31.1 Å². The van der Waals surface area contributed by atoms with E-state index in [0.29, 0.717) is 54.1 Å². The molecule has 3 rings (SSSR count). The highest BCUT2D eigenvalue weighted by molar-refractivity contribution is 7.92. The van der Waals surface area contributed by atoms with Crippen LogP contribution in [0.25, 0.3) is 11.3 Å². The number of methoxy groups -OCH3 is 1. The lowest BCUT2D eigenvalue weighted by atomic mass is 10.1. The lowest BCUT2D eigenvalue weighted by molar-refractivity contribution is 0.100. The number of hydrogen-bond acceptors (Lipinski definition) is 9. The number of nitrogens with zero attached hydrogens (tertiary/aromatic N) is 4. The van der Waals surface area contributed by atoms with Crippen LogP contribution in [0.2, 0.25) is 0 Å². The summed E-state index contributed by atoms with van der Waals surface area (Å²) in [6, 6.07) is 10.1. The SMILES string of the molecule is COCCOc1cc(Nc2c(C(N)=O)c(-c3ccc(NS(=O)(=O)CCN(C)C)cc3)nn2C(C)(C)C)ccn1. The molecule has 0 atom stereocenters. The van der Waals surface area contributed by atoms with E-state index in [-0.39, 0.29) is 11.3 Å². The molecule has 0 bridgehead atoms. The van der Waals surface area contributed by atoms with Crippen LogP contribution in [0.3, 0.4) is 0 Å². The van der Waals surface area contributed by atoms with Crippen LogP contribution >= 0.6 is 0 Å². The van der Waals surface area contributed by atoms with Crippen LogP contribution in [0.15, 0.2) is 42.6 Å². The van der Waals surface area contributed by atoms with Gasteiger partial charge in [-0.25, -0.2) is 18.1 Å². The number of rotatable bonds is 13. The summed E-state index contributed by atoms with van der Waals surface area (Å²) in [4.78, 5) is 18.8. The summed E-state index contributed by atoms with van der Waals surface area (Å²) in [5, 5.41) is 8.02. The molecule has 0 aliphatic rings. The van der Waals surface area contributed by atoms with Crippen molar-refractivity contribution in [3.05, 3.63) is 48.2 Å². The van der Waals surface area contributed by atoms with E-state index in [9.17, 15) is 13.2 Å². The number of ether oxygens (including phenoxy) is 2. The number of anilines is 3. The average molecular weight is 560 g/mol. The first kappa shape index (κ1) is 29.9. The molecule has 0 saturated carbocycles. The molecule has 3 aromatic rings. The Bertz CT molecular complexity index is 1380. The normalized spacial score (nSPS) is 12.0. The Morgan fingerprint density at radius 3 is 2.38 bits per heavy atom. The zero-order chi connectivity index (χ0) is 28.8. The Morgan fingerprint density at radius 1 is 1.10 bits per heavy atom. The van der Waals surface area contributed by atoms with Gasteiger partial charge >= 0.3 is 0 Å². The summed E-state index contributed by atoms with van der Waals surface area (Å²) in [6.45, 7) is 7.02. The molecule has 0 radical (unpaired) electrons. The minimum atomic E-state index is -3.51. The number of aromatic nitrogens is 3. The molecule has 0 fully saturated rings. The number of nitrogens with one attached hydrogen (secondary N) is 2. The Labute approximate surface area is 229 Å². The zero-order valence-corrected chi connectivity index (χ0v) is 24.0. The Kier molecular flexibility index (Phi) is 9.54. The predicted molar refractivity (Wildman–Crippen MR) is 152 cm³/mol. The molecule has 0 spiro atoms. The summed E-state index contributed by atoms with van der Waals surface area (Å²) in [5.41, 5.74) is 7.55. The van der Waals surface area contributed by atoms with Gasteiger partial charge in [-0.05, 0) is 53.1 Å². The van der Waals surface area contributed by atoms with Crippen molar-refractivity contribution in [3.8, 4) is 17.1 Å². The molecule has 2 aromatic heterocycles. The maximum absolute atomic E-state index is 12.8. The van der Waals surface area contributed by atoms with Gasteiger partial charge < -0.3 is 25.4 Å². The van der Waals surface area contributed by atoms with Crippen molar-refractivity contribution in [2.24, 2.45) is 5.73 Å². The molecule has 2 heterocycles. The van der Waals surface area contributed by atoms with Gasteiger partial charge in [-0.2, -0.15) is 5.10 Å². The fourth-order valence-electron chi connectivity index (χ4n) is 3.62. The predicted octanol–water partition coefficient (Wildman–Crippen LogP) is 2.87. The summed E-state index contributed by atoms with van der Waals surface area (Å²) < 4.78 is 39.7. The third-order valence-electron chi connectivity index (χ3n) is 5.54. The van der Waals surface area contributed by atoms with Crippen molar-refractivity contribution in [1.29, 1.82) is 0 Å². The van der Waals surface area contributed by atoms with E-state index < -0.39 is 21.5 Å². The van der Waals surface area contributed by atoms with E-state index in [1.807, 2.05) is 34.9 Å². The zero-order valence-electron chi connectivity index (χ0n) is 23.2. The first-order chi connectivity index (χ1) is 18.3. The van der Waals surface area contributed by atoms with Crippen LogP contribution in [-0.4, -0.2) is 80.7 Å². The minimum absolute atomic E-state index is 0.0350. The summed E-state index contributed by atoms with van der Waals surface area (Å²) >= 11 is 0. The standard InChI is InChI=1S/C26H37N7O5S/c1-26(2,3)33-25(29-20-11-12-28-21(17-20)38-15-14-37-6)22(24(27)34)23(30-33)18-7-9-19(10-8-18)31-39(35,36)16-13-32(4)5/h7-12,17,31H,13-16H2,1-6H3,(H2,27,34)(H,28,29). The third kappa shape index (κ3) is 8.15. The van der Waals surface area contributed by atoms with Crippen molar-refractivity contribution < 1.29 is 22.7 Å². The topological polar surface area (TPSA) is 154 Å². The molecular formula is C26H37N7O5S. The monoisotopic (exact) mass is 559 g/mol. The number of pyridine rings is 1. The fraction of sp³-hybridized carbons (Fsp3) is 0.423. The highest BCUT2D eigenvalue weighted by Gasteiger charge is 2.29. The number of amides is 1. The second kappa shape index (κ2) is 12.5. The van der Waals surface area contributed by atoms with Gasteiger partial charge in [-0.15, -0.1) is 0 Å². The van der Waals surface area contributed by atoms with Gasteiger partial charge in [-0.1, -0.05) is 12.1 Å². The van der Waals surface area contributed by atoms with Crippen LogP contribution in [0.4, 0.5) is 17.2 Å². The molecule has 13 heteroatoms. The van der Waals surface area contributed by atoms with Crippen molar-refractivity contribution in [2.45, 2.75) is 26.3 Å². The van der Waals surface area contributed by atoms with Gasteiger partial charge in [0.25, 0.3) is 5.91 Å². The quantitative estimate of drug-likeness (QED) is 0.268. The Morgan fingerprint density at radius 2 is 1.79 bits per heavy atom. The molecule has 212 valence electrons. The molecular weight excluding hydrogens is 522 g/mol. The smallest absolute Gasteiger partial charge is 0.254 e. The van der Waals surface area contributed by atoms with Gasteiger partial charge in [0.15, 0.2) is 0 Å². The molecule has 4 N–H and O–H groups in total. The maximum Gasteiger partial charge on any atom is 0.254 e. The van der Waals surface area contributed by atoms with Crippen LogP contribution in [0, 0.1) is 0 Å². The van der Waals surface area contributed by atoms with Crippen LogP contribution < -0.4 is 20.5 Å². The summed E-state index contributed by atoms with van der Waals surface area (Å²) in [7, 11) is 1.69. The molecule has 12 nitrogen and oxygen atoms in total. The van der Waals surface area contributed by atoms with Gasteiger partial charge in [0.1, 0.15) is 23.7 Å². The van der Waals surface area contributed by atoms with Crippen molar-refractivity contribution >= 4 is 33.1 Å². The first-order valence-corrected chi connectivity index (χ1v) is 14.0. The van der Waals surface area contributed by atoms with Crippen molar-refractivity contribution in [1.82, 2.24) is 19.7 Å². The van der Waals surface area contributed by atoms with E-state index in [1.165, 1.54) is 0 Å². The Balaban J connectivity index is 1.97. The maximum atomic E-state index is 12.8. The fourth-order valence-corrected chi connectivity index (χ4v) is 4.82. The average Bonchev–Trinajstić information content (AvgIpc) is 3.23. The van der Waals surface area contributed by atoms with E-state index in [0.717, 1.165) is 0 Å². The number of carbonyl (C=O) groups is 1. The van der Waals surface area contributed by atoms with Gasteiger partial charge in [0, 0.05) is 42.9 Å². The number of hydrogen-bond donors (Lipinski definition) is 3. The molecule has 1 aromatic carbocycles. The lowest BCUT2D eigenvalue weighted by Gasteiger charge is -2.23. The summed E-state index contributed by atoms with van der Waals surface area (Å²) in [5.74, 6) is 0.102. The van der Waals surface area contributed by atoms with Gasteiger partial charge in [-0.3, -0.25) is 9.52 Å². The van der Waals surface area contributed by atoms with E-state index >= 15 is 0 Å². The molecule has 0 aliphatic heterocycles.